The van der Waals surface area contributed by atoms with Gasteiger partial charge in [0.25, 0.3) is 6.43 Å². The van der Waals surface area contributed by atoms with E-state index in [1.807, 2.05) is 0 Å². The lowest BCUT2D eigenvalue weighted by molar-refractivity contribution is -0.137. The first-order valence-electron chi connectivity index (χ1n) is 5.74. The molecule has 0 aliphatic carbocycles. The lowest BCUT2D eigenvalue weighted by Gasteiger charge is -2.14. The molecule has 0 atom stereocenters. The molecule has 0 radical (unpaired) electrons. The molecule has 6 heteroatoms. The van der Waals surface area contributed by atoms with Crippen molar-refractivity contribution in [3.05, 3.63) is 23.3 Å². The Bertz CT molecular complexity index is 447. The number of benzene rings is 1. The monoisotopic (exact) mass is 274 g/mol. The molecule has 1 rings (SSSR count). The van der Waals surface area contributed by atoms with Crippen LogP contribution in [0.2, 0.25) is 0 Å². The molecule has 1 aromatic rings. The molecule has 0 heterocycles. The van der Waals surface area contributed by atoms with Crippen LogP contribution < -0.4 is 9.47 Å². The fourth-order valence-corrected chi connectivity index (χ4v) is 1.78. The van der Waals surface area contributed by atoms with Crippen LogP contribution in [0, 0.1) is 0 Å². The molecule has 0 unspecified atom stereocenters. The van der Waals surface area contributed by atoms with Crippen molar-refractivity contribution < 1.29 is 28.2 Å². The van der Waals surface area contributed by atoms with Crippen LogP contribution in [0.15, 0.2) is 12.1 Å². The highest BCUT2D eigenvalue weighted by Gasteiger charge is 2.18. The van der Waals surface area contributed by atoms with E-state index < -0.39 is 12.4 Å². The Kier molecular flexibility index (Phi) is 5.54. The Morgan fingerprint density at radius 2 is 1.89 bits per heavy atom. The second kappa shape index (κ2) is 6.92. The highest BCUT2D eigenvalue weighted by Crippen LogP contribution is 2.35. The third kappa shape index (κ3) is 4.08. The summed E-state index contributed by atoms with van der Waals surface area (Å²) in [6.45, 7) is 0. The lowest BCUT2D eigenvalue weighted by atomic mass is 10.0. The van der Waals surface area contributed by atoms with Crippen molar-refractivity contribution in [2.24, 2.45) is 0 Å². The van der Waals surface area contributed by atoms with Crippen LogP contribution in [0.3, 0.4) is 0 Å². The van der Waals surface area contributed by atoms with Crippen LogP contribution in [-0.2, 0) is 11.2 Å². The normalized spacial score (nSPS) is 10.6. The van der Waals surface area contributed by atoms with E-state index in [0.717, 1.165) is 0 Å². The summed E-state index contributed by atoms with van der Waals surface area (Å²) in [5, 5.41) is 8.58. The van der Waals surface area contributed by atoms with Crippen LogP contribution in [0.5, 0.6) is 11.5 Å². The molecular formula is C13H16F2O4. The standard InChI is InChI=1S/C13H16F2O4/c1-18-10-7-9(13(14)15)11(19-2)6-8(10)4-3-5-12(16)17/h6-7,13H,3-5H2,1-2H3,(H,16,17). The van der Waals surface area contributed by atoms with Gasteiger partial charge in [-0.25, -0.2) is 8.78 Å². The Balaban J connectivity index is 2.99. The van der Waals surface area contributed by atoms with Gasteiger partial charge in [0, 0.05) is 6.42 Å². The first-order valence-corrected chi connectivity index (χ1v) is 5.74. The number of hydrogen-bond donors (Lipinski definition) is 1. The third-order valence-corrected chi connectivity index (χ3v) is 2.70. The van der Waals surface area contributed by atoms with E-state index in [4.69, 9.17) is 14.6 Å². The SMILES string of the molecule is COc1cc(C(F)F)c(OC)cc1CCCC(=O)O. The minimum atomic E-state index is -2.66. The Labute approximate surface area is 109 Å². The maximum Gasteiger partial charge on any atom is 0.303 e. The first kappa shape index (κ1) is 15.2. The Hall–Kier alpha value is -1.85. The van der Waals surface area contributed by atoms with E-state index in [-0.39, 0.29) is 17.7 Å². The molecule has 0 saturated carbocycles. The quantitative estimate of drug-likeness (QED) is 0.830. The molecule has 0 amide bonds. The van der Waals surface area contributed by atoms with E-state index in [2.05, 4.69) is 0 Å². The zero-order valence-corrected chi connectivity index (χ0v) is 10.8. The van der Waals surface area contributed by atoms with Gasteiger partial charge in [-0.3, -0.25) is 4.79 Å². The molecule has 0 aliphatic rings. The molecule has 106 valence electrons. The van der Waals surface area contributed by atoms with Gasteiger partial charge in [-0.05, 0) is 30.5 Å². The topological polar surface area (TPSA) is 55.8 Å². The number of ether oxygens (including phenoxy) is 2. The number of carboxylic acid groups (broad SMARTS) is 1. The van der Waals surface area contributed by atoms with Crippen LogP contribution >= 0.6 is 0 Å². The number of halogens is 2. The second-order valence-electron chi connectivity index (χ2n) is 3.95. The highest BCUT2D eigenvalue weighted by molar-refractivity contribution is 5.66. The van der Waals surface area contributed by atoms with E-state index in [0.29, 0.717) is 24.2 Å². The maximum atomic E-state index is 12.8. The average Bonchev–Trinajstić information content (AvgIpc) is 2.37. The second-order valence-corrected chi connectivity index (χ2v) is 3.95. The lowest BCUT2D eigenvalue weighted by Crippen LogP contribution is -2.01. The maximum absolute atomic E-state index is 12.8. The van der Waals surface area contributed by atoms with E-state index in [1.165, 1.54) is 26.4 Å². The summed E-state index contributed by atoms with van der Waals surface area (Å²) >= 11 is 0. The minimum Gasteiger partial charge on any atom is -0.496 e. The number of hydrogen-bond acceptors (Lipinski definition) is 3. The Morgan fingerprint density at radius 1 is 1.26 bits per heavy atom. The van der Waals surface area contributed by atoms with Gasteiger partial charge >= 0.3 is 5.97 Å². The molecule has 0 spiro atoms. The molecule has 4 nitrogen and oxygen atoms in total. The van der Waals surface area contributed by atoms with Crippen molar-refractivity contribution in [1.29, 1.82) is 0 Å². The van der Waals surface area contributed by atoms with Gasteiger partial charge in [-0.2, -0.15) is 0 Å². The molecular weight excluding hydrogens is 258 g/mol. The number of aryl methyl sites for hydroxylation is 1. The summed E-state index contributed by atoms with van der Waals surface area (Å²) < 4.78 is 35.6. The fraction of sp³-hybridized carbons (Fsp3) is 0.462. The van der Waals surface area contributed by atoms with E-state index >= 15 is 0 Å². The predicted molar refractivity (Wildman–Crippen MR) is 65.1 cm³/mol. The van der Waals surface area contributed by atoms with Crippen LogP contribution in [0.1, 0.15) is 30.4 Å². The van der Waals surface area contributed by atoms with Crippen LogP contribution in [0.25, 0.3) is 0 Å². The minimum absolute atomic E-state index is 0.0159. The highest BCUT2D eigenvalue weighted by atomic mass is 19.3. The van der Waals surface area contributed by atoms with Crippen LogP contribution in [0.4, 0.5) is 8.78 Å². The summed E-state index contributed by atoms with van der Waals surface area (Å²) in [5.74, 6) is -0.488. The van der Waals surface area contributed by atoms with Gasteiger partial charge < -0.3 is 14.6 Å². The van der Waals surface area contributed by atoms with E-state index in [1.54, 1.807) is 0 Å². The van der Waals surface area contributed by atoms with Crippen molar-refractivity contribution in [2.45, 2.75) is 25.7 Å². The van der Waals surface area contributed by atoms with Gasteiger partial charge in [0.05, 0.1) is 19.8 Å². The average molecular weight is 274 g/mol. The number of aliphatic carboxylic acids is 1. The number of rotatable bonds is 7. The van der Waals surface area contributed by atoms with Crippen molar-refractivity contribution >= 4 is 5.97 Å². The summed E-state index contributed by atoms with van der Waals surface area (Å²) in [4.78, 5) is 10.5. The van der Waals surface area contributed by atoms with Crippen LogP contribution in [-0.4, -0.2) is 25.3 Å². The zero-order chi connectivity index (χ0) is 14.4. The van der Waals surface area contributed by atoms with Gasteiger partial charge in [0.1, 0.15) is 11.5 Å². The van der Waals surface area contributed by atoms with Crippen molar-refractivity contribution in [1.82, 2.24) is 0 Å². The molecule has 1 N–H and O–H groups in total. The molecule has 0 saturated heterocycles. The summed E-state index contributed by atoms with van der Waals surface area (Å²) in [6, 6.07) is 2.71. The van der Waals surface area contributed by atoms with Crippen molar-refractivity contribution in [3.8, 4) is 11.5 Å². The number of alkyl halides is 2. The largest absolute Gasteiger partial charge is 0.496 e. The molecule has 1 aromatic carbocycles. The smallest absolute Gasteiger partial charge is 0.303 e. The summed E-state index contributed by atoms with van der Waals surface area (Å²) in [7, 11) is 2.70. The molecule has 0 fully saturated rings. The molecule has 0 bridgehead atoms. The van der Waals surface area contributed by atoms with Crippen molar-refractivity contribution in [3.63, 3.8) is 0 Å². The number of carbonyl (C=O) groups is 1. The zero-order valence-electron chi connectivity index (χ0n) is 10.8. The van der Waals surface area contributed by atoms with Gasteiger partial charge in [0.15, 0.2) is 0 Å². The fourth-order valence-electron chi connectivity index (χ4n) is 1.78. The van der Waals surface area contributed by atoms with Crippen molar-refractivity contribution in [2.75, 3.05) is 14.2 Å². The number of carboxylic acids is 1. The first-order chi connectivity index (χ1) is 8.99. The molecule has 0 aliphatic heterocycles. The predicted octanol–water partition coefficient (Wildman–Crippen LogP) is 3.05. The van der Waals surface area contributed by atoms with Gasteiger partial charge in [-0.15, -0.1) is 0 Å². The van der Waals surface area contributed by atoms with E-state index in [9.17, 15) is 13.6 Å². The summed E-state index contributed by atoms with van der Waals surface area (Å²) in [6.07, 6.45) is -1.81. The third-order valence-electron chi connectivity index (χ3n) is 2.70. The van der Waals surface area contributed by atoms with Gasteiger partial charge in [-0.1, -0.05) is 0 Å². The number of methoxy groups -OCH3 is 2. The molecule has 19 heavy (non-hydrogen) atoms. The molecule has 0 aromatic heterocycles. The Morgan fingerprint density at radius 3 is 2.37 bits per heavy atom. The van der Waals surface area contributed by atoms with Gasteiger partial charge in [0.2, 0.25) is 0 Å². The summed E-state index contributed by atoms with van der Waals surface area (Å²) in [5.41, 5.74) is 0.423.